The first-order valence-electron chi connectivity index (χ1n) is 9.43. The molecule has 0 saturated carbocycles. The van der Waals surface area contributed by atoms with Crippen molar-refractivity contribution in [3.05, 3.63) is 77.3 Å². The molecule has 0 aliphatic carbocycles. The lowest BCUT2D eigenvalue weighted by Crippen LogP contribution is -2.19. The van der Waals surface area contributed by atoms with Crippen molar-refractivity contribution < 1.29 is 0 Å². The van der Waals surface area contributed by atoms with E-state index in [4.69, 9.17) is 0 Å². The summed E-state index contributed by atoms with van der Waals surface area (Å²) in [4.78, 5) is 9.45. The van der Waals surface area contributed by atoms with Crippen LogP contribution in [0.15, 0.2) is 76.5 Å². The first-order valence-corrected chi connectivity index (χ1v) is 11.1. The van der Waals surface area contributed by atoms with E-state index in [1.165, 1.54) is 21.2 Å². The van der Waals surface area contributed by atoms with Gasteiger partial charge in [-0.25, -0.2) is 4.98 Å². The standard InChI is InChI=1S/C24H17N3S2/c1-2-27-19-8-4-6-10-22(19)28-23-14-16(11-12-20(23)27)13-17(15-25)24-26-18-7-3-5-9-21(18)29-24/h3-14H,2H2,1H3. The molecule has 5 rings (SSSR count). The highest BCUT2D eigenvalue weighted by atomic mass is 32.2. The molecule has 29 heavy (non-hydrogen) atoms. The smallest absolute Gasteiger partial charge is 0.135 e. The van der Waals surface area contributed by atoms with Crippen molar-refractivity contribution in [3.8, 4) is 6.07 Å². The summed E-state index contributed by atoms with van der Waals surface area (Å²) >= 11 is 3.34. The molecule has 1 aromatic heterocycles. The van der Waals surface area contributed by atoms with E-state index < -0.39 is 0 Å². The second-order valence-corrected chi connectivity index (χ2v) is 8.81. The lowest BCUT2D eigenvalue weighted by Gasteiger charge is -2.32. The van der Waals surface area contributed by atoms with Gasteiger partial charge in [-0.1, -0.05) is 42.1 Å². The second-order valence-electron chi connectivity index (χ2n) is 6.70. The number of fused-ring (bicyclic) bond motifs is 3. The number of hydrogen-bond donors (Lipinski definition) is 0. The minimum absolute atomic E-state index is 0.597. The summed E-state index contributed by atoms with van der Waals surface area (Å²) in [5, 5.41) is 10.5. The molecule has 1 aliphatic rings. The predicted molar refractivity (Wildman–Crippen MR) is 123 cm³/mol. The fourth-order valence-electron chi connectivity index (χ4n) is 3.58. The molecular formula is C24H17N3S2. The van der Waals surface area contributed by atoms with Gasteiger partial charge in [-0.15, -0.1) is 11.3 Å². The number of rotatable bonds is 3. The molecule has 0 atom stereocenters. The molecule has 3 aromatic carbocycles. The molecule has 140 valence electrons. The van der Waals surface area contributed by atoms with E-state index in [0.717, 1.165) is 27.3 Å². The summed E-state index contributed by atoms with van der Waals surface area (Å²) < 4.78 is 1.10. The Bertz CT molecular complexity index is 1260. The van der Waals surface area contributed by atoms with E-state index in [-0.39, 0.29) is 0 Å². The molecular weight excluding hydrogens is 394 g/mol. The fraction of sp³-hybridized carbons (Fsp3) is 0.0833. The highest BCUT2D eigenvalue weighted by molar-refractivity contribution is 7.99. The summed E-state index contributed by atoms with van der Waals surface area (Å²) in [5.41, 5.74) is 5.02. The Kier molecular flexibility index (Phi) is 4.59. The van der Waals surface area contributed by atoms with Gasteiger partial charge in [-0.05, 0) is 55.0 Å². The Hall–Kier alpha value is -3.07. The number of para-hydroxylation sites is 2. The molecule has 0 N–H and O–H groups in total. The maximum Gasteiger partial charge on any atom is 0.135 e. The normalized spacial score (nSPS) is 13.1. The van der Waals surface area contributed by atoms with Crippen molar-refractivity contribution in [3.63, 3.8) is 0 Å². The quantitative estimate of drug-likeness (QED) is 0.341. The molecule has 2 heterocycles. The highest BCUT2D eigenvalue weighted by Crippen LogP contribution is 2.48. The predicted octanol–water partition coefficient (Wildman–Crippen LogP) is 6.98. The van der Waals surface area contributed by atoms with E-state index in [2.05, 4.69) is 65.3 Å². The Morgan fingerprint density at radius 3 is 2.66 bits per heavy atom. The van der Waals surface area contributed by atoms with Crippen LogP contribution in [0, 0.1) is 11.3 Å². The van der Waals surface area contributed by atoms with Gasteiger partial charge in [0, 0.05) is 16.3 Å². The summed E-state index contributed by atoms with van der Waals surface area (Å²) in [6.07, 6.45) is 1.94. The van der Waals surface area contributed by atoms with Gasteiger partial charge in [-0.3, -0.25) is 0 Å². The fourth-order valence-corrected chi connectivity index (χ4v) is 5.65. The third-order valence-corrected chi connectivity index (χ3v) is 7.10. The number of allylic oxidation sites excluding steroid dienone is 1. The molecule has 0 radical (unpaired) electrons. The van der Waals surface area contributed by atoms with Crippen LogP contribution in [-0.4, -0.2) is 11.5 Å². The van der Waals surface area contributed by atoms with Gasteiger partial charge < -0.3 is 4.90 Å². The monoisotopic (exact) mass is 411 g/mol. The molecule has 1 aliphatic heterocycles. The number of thiazole rings is 1. The zero-order valence-corrected chi connectivity index (χ0v) is 17.4. The highest BCUT2D eigenvalue weighted by Gasteiger charge is 2.22. The van der Waals surface area contributed by atoms with Crippen LogP contribution in [0.2, 0.25) is 0 Å². The topological polar surface area (TPSA) is 39.9 Å². The average Bonchev–Trinajstić information content (AvgIpc) is 3.19. The molecule has 3 nitrogen and oxygen atoms in total. The minimum Gasteiger partial charge on any atom is -0.340 e. The number of nitriles is 1. The van der Waals surface area contributed by atoms with Crippen LogP contribution in [0.5, 0.6) is 0 Å². The van der Waals surface area contributed by atoms with Crippen LogP contribution >= 0.6 is 23.1 Å². The van der Waals surface area contributed by atoms with Gasteiger partial charge in [0.25, 0.3) is 0 Å². The SMILES string of the molecule is CCN1c2ccccc2Sc2cc(C=C(C#N)c3nc4ccccc4s3)ccc21. The third kappa shape index (κ3) is 3.21. The maximum absolute atomic E-state index is 9.75. The van der Waals surface area contributed by atoms with Gasteiger partial charge in [-0.2, -0.15) is 5.26 Å². The summed E-state index contributed by atoms with van der Waals surface area (Å²) in [7, 11) is 0. The Balaban J connectivity index is 1.55. The van der Waals surface area contributed by atoms with E-state index in [0.29, 0.717) is 5.57 Å². The zero-order valence-electron chi connectivity index (χ0n) is 15.8. The number of nitrogens with zero attached hydrogens (tertiary/aromatic N) is 3. The van der Waals surface area contributed by atoms with E-state index in [1.54, 1.807) is 23.1 Å². The lowest BCUT2D eigenvalue weighted by atomic mass is 10.1. The van der Waals surface area contributed by atoms with Crippen LogP contribution < -0.4 is 4.90 Å². The molecule has 4 aromatic rings. The number of aromatic nitrogens is 1. The van der Waals surface area contributed by atoms with E-state index in [9.17, 15) is 5.26 Å². The van der Waals surface area contributed by atoms with Crippen molar-refractivity contribution in [2.24, 2.45) is 0 Å². The summed E-state index contributed by atoms with van der Waals surface area (Å²) in [5.74, 6) is 0. The first kappa shape index (κ1) is 18.0. The van der Waals surface area contributed by atoms with Crippen molar-refractivity contribution in [1.82, 2.24) is 4.98 Å². The Morgan fingerprint density at radius 1 is 1.03 bits per heavy atom. The average molecular weight is 412 g/mol. The van der Waals surface area contributed by atoms with Gasteiger partial charge in [0.2, 0.25) is 0 Å². The molecule has 0 amide bonds. The minimum atomic E-state index is 0.597. The van der Waals surface area contributed by atoms with Crippen LogP contribution in [0.1, 0.15) is 17.5 Å². The molecule has 5 heteroatoms. The Labute approximate surface area is 177 Å². The Morgan fingerprint density at radius 2 is 1.83 bits per heavy atom. The van der Waals surface area contributed by atoms with Crippen molar-refractivity contribution in [2.45, 2.75) is 16.7 Å². The molecule has 0 bridgehead atoms. The van der Waals surface area contributed by atoms with Gasteiger partial charge in [0.05, 0.1) is 27.2 Å². The summed E-state index contributed by atoms with van der Waals surface area (Å²) in [6, 6.07) is 25.2. The first-order chi connectivity index (χ1) is 14.3. The third-order valence-electron chi connectivity index (χ3n) is 4.92. The van der Waals surface area contributed by atoms with Crippen LogP contribution in [0.3, 0.4) is 0 Å². The van der Waals surface area contributed by atoms with Crippen LogP contribution in [-0.2, 0) is 0 Å². The summed E-state index contributed by atoms with van der Waals surface area (Å²) in [6.45, 7) is 3.08. The van der Waals surface area contributed by atoms with Gasteiger partial charge >= 0.3 is 0 Å². The zero-order chi connectivity index (χ0) is 19.8. The van der Waals surface area contributed by atoms with Crippen molar-refractivity contribution in [2.75, 3.05) is 11.4 Å². The molecule has 0 fully saturated rings. The second kappa shape index (κ2) is 7.40. The van der Waals surface area contributed by atoms with Gasteiger partial charge in [0.1, 0.15) is 11.1 Å². The van der Waals surface area contributed by atoms with Crippen LogP contribution in [0.25, 0.3) is 21.9 Å². The van der Waals surface area contributed by atoms with Crippen LogP contribution in [0.4, 0.5) is 11.4 Å². The van der Waals surface area contributed by atoms with Crippen molar-refractivity contribution in [1.29, 1.82) is 5.26 Å². The van der Waals surface area contributed by atoms with E-state index in [1.807, 2.05) is 30.3 Å². The maximum atomic E-state index is 9.75. The van der Waals surface area contributed by atoms with Gasteiger partial charge in [0.15, 0.2) is 0 Å². The lowest BCUT2D eigenvalue weighted by molar-refractivity contribution is 0.979. The number of anilines is 2. The number of benzene rings is 3. The molecule has 0 saturated heterocycles. The van der Waals surface area contributed by atoms with E-state index >= 15 is 0 Å². The van der Waals surface area contributed by atoms with Crippen molar-refractivity contribution >= 4 is 56.3 Å². The number of hydrogen-bond acceptors (Lipinski definition) is 5. The largest absolute Gasteiger partial charge is 0.340 e. The molecule has 0 spiro atoms. The molecule has 0 unspecified atom stereocenters.